The highest BCUT2D eigenvalue weighted by Crippen LogP contribution is 2.35. The molecule has 1 aliphatic rings. The van der Waals surface area contributed by atoms with Crippen molar-refractivity contribution in [3.05, 3.63) is 126 Å². The molecule has 0 N–H and O–H groups in total. The fourth-order valence-corrected chi connectivity index (χ4v) is 4.27. The summed E-state index contributed by atoms with van der Waals surface area (Å²) in [4.78, 5) is 8.52. The quantitative estimate of drug-likeness (QED) is 0.340. The fraction of sp³-hybridized carbons (Fsp3) is 0.0714. The van der Waals surface area contributed by atoms with Crippen LogP contribution in [0.3, 0.4) is 0 Å². The van der Waals surface area contributed by atoms with Gasteiger partial charge in [-0.1, -0.05) is 60.2 Å². The number of rotatable bonds is 4. The van der Waals surface area contributed by atoms with E-state index in [1.165, 1.54) is 11.1 Å². The predicted octanol–water partition coefficient (Wildman–Crippen LogP) is 7.59. The van der Waals surface area contributed by atoms with Gasteiger partial charge in [0.15, 0.2) is 0 Å². The van der Waals surface area contributed by atoms with Crippen molar-refractivity contribution < 1.29 is 0 Å². The van der Waals surface area contributed by atoms with E-state index in [9.17, 15) is 0 Å². The summed E-state index contributed by atoms with van der Waals surface area (Å²) in [5.41, 5.74) is 8.02. The van der Waals surface area contributed by atoms with Gasteiger partial charge in [0, 0.05) is 41.3 Å². The van der Waals surface area contributed by atoms with E-state index >= 15 is 0 Å². The lowest BCUT2D eigenvalue weighted by Crippen LogP contribution is -1.99. The third-order valence-corrected chi connectivity index (χ3v) is 5.82. The minimum Gasteiger partial charge on any atom is -0.264 e. The molecular weight excluding hydrogens is 400 g/mol. The molecule has 0 bridgehead atoms. The predicted molar refractivity (Wildman–Crippen MR) is 129 cm³/mol. The zero-order valence-corrected chi connectivity index (χ0v) is 17.7. The van der Waals surface area contributed by atoms with Crippen LogP contribution in [0.2, 0.25) is 5.02 Å². The third kappa shape index (κ3) is 4.35. The minimum absolute atomic E-state index is 0.324. The van der Waals surface area contributed by atoms with Crippen molar-refractivity contribution in [2.45, 2.75) is 12.3 Å². The van der Waals surface area contributed by atoms with Gasteiger partial charge >= 0.3 is 0 Å². The number of allylic oxidation sites excluding steroid dienone is 4. The molecule has 0 aliphatic heterocycles. The maximum absolute atomic E-state index is 6.56. The average Bonchev–Trinajstić information content (AvgIpc) is 2.85. The Morgan fingerprint density at radius 3 is 2.19 bits per heavy atom. The topological polar surface area (TPSA) is 25.8 Å². The summed E-state index contributed by atoms with van der Waals surface area (Å²) < 4.78 is 0. The second kappa shape index (κ2) is 8.71. The van der Waals surface area contributed by atoms with Crippen molar-refractivity contribution in [2.24, 2.45) is 0 Å². The van der Waals surface area contributed by atoms with Gasteiger partial charge in [-0.25, -0.2) is 0 Å². The second-order valence-electron chi connectivity index (χ2n) is 7.70. The molecule has 150 valence electrons. The lowest BCUT2D eigenvalue weighted by molar-refractivity contribution is 0.850. The van der Waals surface area contributed by atoms with E-state index in [-0.39, 0.29) is 0 Å². The van der Waals surface area contributed by atoms with Crippen LogP contribution >= 0.6 is 11.6 Å². The number of pyridine rings is 2. The molecule has 2 nitrogen and oxygen atoms in total. The molecule has 2 aromatic carbocycles. The van der Waals surface area contributed by atoms with Crippen LogP contribution < -0.4 is 0 Å². The van der Waals surface area contributed by atoms with Crippen molar-refractivity contribution in [1.29, 1.82) is 0 Å². The SMILES string of the molecule is Clc1cc(C2=CC(c3cccnc3)CC=C2)cc(-c2cccc(-c3cccnc3)c2)c1. The van der Waals surface area contributed by atoms with Gasteiger partial charge in [0.1, 0.15) is 0 Å². The Morgan fingerprint density at radius 1 is 0.710 bits per heavy atom. The van der Waals surface area contributed by atoms with Crippen molar-refractivity contribution in [2.75, 3.05) is 0 Å². The van der Waals surface area contributed by atoms with Crippen molar-refractivity contribution in [3.63, 3.8) is 0 Å². The summed E-state index contributed by atoms with van der Waals surface area (Å²) in [6.45, 7) is 0. The lowest BCUT2D eigenvalue weighted by atomic mass is 9.87. The molecule has 0 spiro atoms. The van der Waals surface area contributed by atoms with E-state index in [0.29, 0.717) is 5.92 Å². The number of halogens is 1. The number of hydrogen-bond acceptors (Lipinski definition) is 2. The van der Waals surface area contributed by atoms with Crippen LogP contribution in [0.5, 0.6) is 0 Å². The first-order valence-corrected chi connectivity index (χ1v) is 10.7. The third-order valence-electron chi connectivity index (χ3n) is 5.60. The first kappa shape index (κ1) is 19.5. The molecule has 1 unspecified atom stereocenters. The summed E-state index contributed by atoms with van der Waals surface area (Å²) >= 11 is 6.56. The van der Waals surface area contributed by atoms with Gasteiger partial charge in [-0.05, 0) is 76.2 Å². The average molecular weight is 421 g/mol. The van der Waals surface area contributed by atoms with Crippen LogP contribution in [0.1, 0.15) is 23.5 Å². The summed E-state index contributed by atoms with van der Waals surface area (Å²) in [6.07, 6.45) is 15.2. The second-order valence-corrected chi connectivity index (χ2v) is 8.14. The Bertz CT molecular complexity index is 1260. The normalized spacial score (nSPS) is 15.5. The smallest absolute Gasteiger partial charge is 0.0418 e. The van der Waals surface area contributed by atoms with Gasteiger partial charge in [-0.15, -0.1) is 0 Å². The van der Waals surface area contributed by atoms with Crippen LogP contribution in [-0.2, 0) is 0 Å². The molecule has 1 aliphatic carbocycles. The molecule has 3 heteroatoms. The maximum Gasteiger partial charge on any atom is 0.0418 e. The van der Waals surface area contributed by atoms with Crippen LogP contribution in [-0.4, -0.2) is 9.97 Å². The van der Waals surface area contributed by atoms with Crippen LogP contribution in [0.25, 0.3) is 27.8 Å². The highest BCUT2D eigenvalue weighted by atomic mass is 35.5. The molecule has 1 atom stereocenters. The highest BCUT2D eigenvalue weighted by Gasteiger charge is 2.14. The molecular formula is C28H21ClN2. The number of hydrogen-bond donors (Lipinski definition) is 0. The molecule has 2 aromatic heterocycles. The van der Waals surface area contributed by atoms with Crippen molar-refractivity contribution in [1.82, 2.24) is 9.97 Å². The van der Waals surface area contributed by atoms with Gasteiger partial charge in [-0.2, -0.15) is 0 Å². The number of aromatic nitrogens is 2. The van der Waals surface area contributed by atoms with Gasteiger partial charge in [-0.3, -0.25) is 9.97 Å². The fourth-order valence-electron chi connectivity index (χ4n) is 4.04. The first-order valence-electron chi connectivity index (χ1n) is 10.4. The van der Waals surface area contributed by atoms with E-state index < -0.39 is 0 Å². The molecule has 0 amide bonds. The molecule has 0 radical (unpaired) electrons. The minimum atomic E-state index is 0.324. The molecule has 0 fully saturated rings. The van der Waals surface area contributed by atoms with E-state index in [2.05, 4.69) is 70.7 Å². The Balaban J connectivity index is 1.52. The molecule has 0 saturated carbocycles. The Morgan fingerprint density at radius 2 is 1.42 bits per heavy atom. The maximum atomic E-state index is 6.56. The van der Waals surface area contributed by atoms with Crippen molar-refractivity contribution in [3.8, 4) is 22.3 Å². The molecule has 4 aromatic rings. The van der Waals surface area contributed by atoms with Gasteiger partial charge < -0.3 is 0 Å². The van der Waals surface area contributed by atoms with Crippen molar-refractivity contribution >= 4 is 17.2 Å². The van der Waals surface area contributed by atoms with E-state index in [0.717, 1.165) is 39.3 Å². The number of nitrogens with zero attached hydrogens (tertiary/aromatic N) is 2. The van der Waals surface area contributed by atoms with Gasteiger partial charge in [0.25, 0.3) is 0 Å². The summed E-state index contributed by atoms with van der Waals surface area (Å²) in [6, 6.07) is 23.0. The summed E-state index contributed by atoms with van der Waals surface area (Å²) in [7, 11) is 0. The molecule has 31 heavy (non-hydrogen) atoms. The summed E-state index contributed by atoms with van der Waals surface area (Å²) in [5, 5.41) is 0.733. The standard InChI is InChI=1S/C28H21ClN2/c29-28-16-26(22-7-1-5-20(13-22)24-9-3-11-30-18-24)15-27(17-28)23-8-2-6-21(14-23)25-10-4-12-31-19-25/h1-5,7-19,21H,6H2. The Hall–Kier alpha value is -3.49. The Kier molecular flexibility index (Phi) is 5.47. The number of benzene rings is 2. The van der Waals surface area contributed by atoms with Gasteiger partial charge in [0.2, 0.25) is 0 Å². The summed E-state index contributed by atoms with van der Waals surface area (Å²) in [5.74, 6) is 0.324. The zero-order valence-electron chi connectivity index (χ0n) is 16.9. The largest absolute Gasteiger partial charge is 0.264 e. The molecule has 5 rings (SSSR count). The van der Waals surface area contributed by atoms with E-state index in [1.54, 1.807) is 6.20 Å². The molecule has 2 heterocycles. The van der Waals surface area contributed by atoms with E-state index in [1.807, 2.05) is 42.9 Å². The zero-order chi connectivity index (χ0) is 21.0. The first-order chi connectivity index (χ1) is 15.3. The monoisotopic (exact) mass is 420 g/mol. The highest BCUT2D eigenvalue weighted by molar-refractivity contribution is 6.31. The van der Waals surface area contributed by atoms with E-state index in [4.69, 9.17) is 11.6 Å². The lowest BCUT2D eigenvalue weighted by Gasteiger charge is -2.18. The van der Waals surface area contributed by atoms with Crippen LogP contribution in [0, 0.1) is 0 Å². The van der Waals surface area contributed by atoms with Crippen LogP contribution in [0.15, 0.2) is 110 Å². The molecule has 0 saturated heterocycles. The Labute approximate surface area is 187 Å². The van der Waals surface area contributed by atoms with Gasteiger partial charge in [0.05, 0.1) is 0 Å². The van der Waals surface area contributed by atoms with Crippen LogP contribution in [0.4, 0.5) is 0 Å².